The molecule has 30 heavy (non-hydrogen) atoms. The Labute approximate surface area is 175 Å². The molecular formula is C20H24N4O5S. The number of carboxylic acids is 1. The molecule has 2 aromatic rings. The molecule has 1 aliphatic rings. The minimum absolute atomic E-state index is 0.00972. The molecule has 1 amide bonds. The van der Waals surface area contributed by atoms with Crippen molar-refractivity contribution in [3.8, 4) is 0 Å². The van der Waals surface area contributed by atoms with Gasteiger partial charge in [-0.05, 0) is 51.0 Å². The Morgan fingerprint density at radius 2 is 1.67 bits per heavy atom. The quantitative estimate of drug-likeness (QED) is 0.638. The smallest absolute Gasteiger partial charge is 0.307 e. The number of carboxylic acid groups (broad SMARTS) is 1. The molecule has 1 aliphatic carbocycles. The average Bonchev–Trinajstić information content (AvgIpc) is 2.67. The topological polar surface area (TPSA) is 138 Å². The first-order valence-corrected chi connectivity index (χ1v) is 11.1. The van der Waals surface area contributed by atoms with Crippen molar-refractivity contribution in [3.63, 3.8) is 0 Å². The Kier molecular flexibility index (Phi) is 6.35. The van der Waals surface area contributed by atoms with Gasteiger partial charge < -0.3 is 10.4 Å². The van der Waals surface area contributed by atoms with E-state index in [4.69, 9.17) is 0 Å². The molecule has 9 nitrogen and oxygen atoms in total. The maximum atomic E-state index is 12.6. The number of hydrogen-bond acceptors (Lipinski definition) is 6. The van der Waals surface area contributed by atoms with Crippen LogP contribution in [0, 0.1) is 25.7 Å². The Hall–Kier alpha value is -3.01. The van der Waals surface area contributed by atoms with Gasteiger partial charge in [-0.15, -0.1) is 0 Å². The van der Waals surface area contributed by atoms with Gasteiger partial charge in [0.2, 0.25) is 5.91 Å². The summed E-state index contributed by atoms with van der Waals surface area (Å²) < 4.78 is 27.6. The van der Waals surface area contributed by atoms with E-state index in [0.29, 0.717) is 30.0 Å². The molecular weight excluding hydrogens is 408 g/mol. The van der Waals surface area contributed by atoms with Gasteiger partial charge in [-0.25, -0.2) is 18.4 Å². The number of carbonyl (C=O) groups excluding carboxylic acids is 1. The fourth-order valence-electron chi connectivity index (χ4n) is 3.66. The minimum Gasteiger partial charge on any atom is -0.481 e. The van der Waals surface area contributed by atoms with Gasteiger partial charge in [0.25, 0.3) is 10.0 Å². The van der Waals surface area contributed by atoms with E-state index in [1.54, 1.807) is 13.8 Å². The molecule has 0 spiro atoms. The monoisotopic (exact) mass is 432 g/mol. The van der Waals surface area contributed by atoms with Crippen molar-refractivity contribution in [3.05, 3.63) is 41.9 Å². The molecule has 3 N–H and O–H groups in total. The van der Waals surface area contributed by atoms with Crippen LogP contribution in [0.3, 0.4) is 0 Å². The van der Waals surface area contributed by atoms with Crippen molar-refractivity contribution in [1.82, 2.24) is 9.97 Å². The second-order valence-corrected chi connectivity index (χ2v) is 9.08. The van der Waals surface area contributed by atoms with E-state index in [2.05, 4.69) is 20.0 Å². The van der Waals surface area contributed by atoms with Crippen LogP contribution in [0.1, 0.15) is 37.2 Å². The highest BCUT2D eigenvalue weighted by Gasteiger charge is 2.35. The third-order valence-electron chi connectivity index (χ3n) is 5.06. The van der Waals surface area contributed by atoms with Crippen LogP contribution < -0.4 is 10.0 Å². The molecule has 0 radical (unpaired) electrons. The van der Waals surface area contributed by atoms with Crippen LogP contribution in [-0.4, -0.2) is 35.4 Å². The molecule has 0 unspecified atom stereocenters. The Bertz CT molecular complexity index is 1030. The van der Waals surface area contributed by atoms with Crippen molar-refractivity contribution < 1.29 is 23.1 Å². The van der Waals surface area contributed by atoms with Gasteiger partial charge in [0.1, 0.15) is 11.6 Å². The third-order valence-corrected chi connectivity index (χ3v) is 6.43. The standard InChI is InChI=1S/C20H24N4O5S/c1-12-11-18(22-13(2)21-12)24-30(28,29)15-9-7-14(8-10-15)23-19(25)16-5-3-4-6-17(16)20(26)27/h7-11,16-17H,3-6H2,1-2H3,(H,23,25)(H,26,27)(H,21,22,24)/t16-,17-/m1/s1. The molecule has 0 saturated heterocycles. The molecule has 160 valence electrons. The second-order valence-electron chi connectivity index (χ2n) is 7.40. The molecule has 0 bridgehead atoms. The number of hydrogen-bond donors (Lipinski definition) is 3. The fourth-order valence-corrected chi connectivity index (χ4v) is 4.65. The van der Waals surface area contributed by atoms with Crippen molar-refractivity contribution in [2.45, 2.75) is 44.4 Å². The van der Waals surface area contributed by atoms with Crippen molar-refractivity contribution in [2.24, 2.45) is 11.8 Å². The summed E-state index contributed by atoms with van der Waals surface area (Å²) in [5.74, 6) is -1.98. The van der Waals surface area contributed by atoms with Crippen LogP contribution in [0.25, 0.3) is 0 Å². The van der Waals surface area contributed by atoms with Gasteiger partial charge in [-0.3, -0.25) is 14.3 Å². The summed E-state index contributed by atoms with van der Waals surface area (Å²) in [5.41, 5.74) is 1.04. The molecule has 3 rings (SSSR count). The zero-order valence-corrected chi connectivity index (χ0v) is 17.6. The number of nitrogens with one attached hydrogen (secondary N) is 2. The van der Waals surface area contributed by atoms with Crippen LogP contribution in [-0.2, 0) is 19.6 Å². The molecule has 10 heteroatoms. The number of benzene rings is 1. The summed E-state index contributed by atoms with van der Waals surface area (Å²) in [4.78, 5) is 32.1. The summed E-state index contributed by atoms with van der Waals surface area (Å²) in [6.45, 7) is 3.41. The van der Waals surface area contributed by atoms with Crippen molar-refractivity contribution >= 4 is 33.4 Å². The maximum Gasteiger partial charge on any atom is 0.307 e. The van der Waals surface area contributed by atoms with Gasteiger partial charge in [0, 0.05) is 17.4 Å². The summed E-state index contributed by atoms with van der Waals surface area (Å²) in [5, 5.41) is 12.0. The van der Waals surface area contributed by atoms with Crippen LogP contribution in [0.2, 0.25) is 0 Å². The number of aromatic nitrogens is 2. The number of nitrogens with zero attached hydrogens (tertiary/aromatic N) is 2. The first kappa shape index (κ1) is 21.7. The van der Waals surface area contributed by atoms with Gasteiger partial charge in [-0.1, -0.05) is 12.8 Å². The van der Waals surface area contributed by atoms with Crippen LogP contribution in [0.5, 0.6) is 0 Å². The summed E-state index contributed by atoms with van der Waals surface area (Å²) in [7, 11) is -3.86. The summed E-state index contributed by atoms with van der Waals surface area (Å²) >= 11 is 0. The molecule has 1 aromatic carbocycles. The van der Waals surface area contributed by atoms with Crippen molar-refractivity contribution in [2.75, 3.05) is 10.0 Å². The second kappa shape index (κ2) is 8.78. The molecule has 1 aromatic heterocycles. The van der Waals surface area contributed by atoms with E-state index in [1.165, 1.54) is 30.3 Å². The molecule has 1 heterocycles. The van der Waals surface area contributed by atoms with Gasteiger partial charge in [-0.2, -0.15) is 0 Å². The normalized spacial score (nSPS) is 19.1. The Morgan fingerprint density at radius 1 is 1.03 bits per heavy atom. The zero-order chi connectivity index (χ0) is 21.9. The van der Waals surface area contributed by atoms with E-state index in [-0.39, 0.29) is 16.6 Å². The average molecular weight is 433 g/mol. The van der Waals surface area contributed by atoms with Crippen LogP contribution in [0.4, 0.5) is 11.5 Å². The van der Waals surface area contributed by atoms with E-state index in [9.17, 15) is 23.1 Å². The van der Waals surface area contributed by atoms with E-state index < -0.39 is 27.8 Å². The largest absolute Gasteiger partial charge is 0.481 e. The lowest BCUT2D eigenvalue weighted by molar-refractivity contribution is -0.147. The number of sulfonamides is 1. The lowest BCUT2D eigenvalue weighted by Crippen LogP contribution is -2.36. The highest BCUT2D eigenvalue weighted by atomic mass is 32.2. The van der Waals surface area contributed by atoms with Crippen LogP contribution in [0.15, 0.2) is 35.2 Å². The van der Waals surface area contributed by atoms with Gasteiger partial charge in [0.15, 0.2) is 0 Å². The third kappa shape index (κ3) is 5.12. The molecule has 1 fully saturated rings. The van der Waals surface area contributed by atoms with Gasteiger partial charge >= 0.3 is 5.97 Å². The maximum absolute atomic E-state index is 12.6. The number of carbonyl (C=O) groups is 2. The predicted molar refractivity (Wildman–Crippen MR) is 110 cm³/mol. The first-order valence-electron chi connectivity index (χ1n) is 9.64. The van der Waals surface area contributed by atoms with E-state index >= 15 is 0 Å². The molecule has 0 aliphatic heterocycles. The lowest BCUT2D eigenvalue weighted by Gasteiger charge is -2.27. The van der Waals surface area contributed by atoms with Gasteiger partial charge in [0.05, 0.1) is 16.7 Å². The minimum atomic E-state index is -3.86. The SMILES string of the molecule is Cc1cc(NS(=O)(=O)c2ccc(NC(=O)[C@@H]3CCCC[C@H]3C(=O)O)cc2)nc(C)n1. The van der Waals surface area contributed by atoms with E-state index in [0.717, 1.165) is 12.8 Å². The number of aryl methyl sites for hydroxylation is 2. The van der Waals surface area contributed by atoms with Crippen molar-refractivity contribution in [1.29, 1.82) is 0 Å². The number of aliphatic carboxylic acids is 1. The summed E-state index contributed by atoms with van der Waals surface area (Å²) in [6, 6.07) is 7.22. The predicted octanol–water partition coefficient (Wildman–Crippen LogP) is 2.72. The fraction of sp³-hybridized carbons (Fsp3) is 0.400. The highest BCUT2D eigenvalue weighted by Crippen LogP contribution is 2.31. The lowest BCUT2D eigenvalue weighted by atomic mass is 9.78. The number of amides is 1. The number of rotatable bonds is 6. The number of anilines is 2. The zero-order valence-electron chi connectivity index (χ0n) is 16.8. The molecule has 1 saturated carbocycles. The molecule has 2 atom stereocenters. The Morgan fingerprint density at radius 3 is 2.27 bits per heavy atom. The Balaban J connectivity index is 1.70. The van der Waals surface area contributed by atoms with E-state index in [1.807, 2.05) is 0 Å². The summed E-state index contributed by atoms with van der Waals surface area (Å²) in [6.07, 6.45) is 2.62. The highest BCUT2D eigenvalue weighted by molar-refractivity contribution is 7.92. The van der Waals surface area contributed by atoms with Crippen LogP contribution >= 0.6 is 0 Å². The first-order chi connectivity index (χ1) is 14.2.